The smallest absolute Gasteiger partial charge is 0.195 e. The second kappa shape index (κ2) is 6.79. The Labute approximate surface area is 154 Å². The SMILES string of the molecule is CN[C@H]1CN(c2ccc3c(=O)c(C)cn(-c4nccs4)c3n2)C[C@@H]1CO. The molecule has 4 heterocycles. The van der Waals surface area contributed by atoms with Crippen LogP contribution in [0.15, 0.2) is 34.7 Å². The summed E-state index contributed by atoms with van der Waals surface area (Å²) in [4.78, 5) is 23.9. The fraction of sp³-hybridized carbons (Fsp3) is 0.389. The number of likely N-dealkylation sites (N-methyl/N-ethyl adjacent to an activating group) is 1. The van der Waals surface area contributed by atoms with Gasteiger partial charge < -0.3 is 15.3 Å². The summed E-state index contributed by atoms with van der Waals surface area (Å²) in [7, 11) is 1.91. The number of aryl methyl sites for hydroxylation is 1. The maximum atomic E-state index is 12.6. The van der Waals surface area contributed by atoms with Crippen LogP contribution in [0, 0.1) is 12.8 Å². The van der Waals surface area contributed by atoms with E-state index in [1.807, 2.05) is 36.1 Å². The Morgan fingerprint density at radius 1 is 1.38 bits per heavy atom. The first-order valence-electron chi connectivity index (χ1n) is 8.58. The molecule has 2 N–H and O–H groups in total. The minimum atomic E-state index is -0.00499. The normalized spacial score (nSPS) is 20.2. The molecule has 0 aliphatic carbocycles. The number of thiazole rings is 1. The van der Waals surface area contributed by atoms with Crippen molar-refractivity contribution in [3.05, 3.63) is 45.7 Å². The second-order valence-electron chi connectivity index (χ2n) is 6.61. The second-order valence-corrected chi connectivity index (χ2v) is 7.48. The van der Waals surface area contributed by atoms with Crippen molar-refractivity contribution >= 4 is 28.2 Å². The van der Waals surface area contributed by atoms with E-state index in [0.717, 1.165) is 24.0 Å². The molecule has 0 aromatic carbocycles. The first-order chi connectivity index (χ1) is 12.6. The van der Waals surface area contributed by atoms with Gasteiger partial charge in [-0.2, -0.15) is 0 Å². The minimum Gasteiger partial charge on any atom is -0.396 e. The Balaban J connectivity index is 1.83. The number of nitrogens with one attached hydrogen (secondary N) is 1. The maximum absolute atomic E-state index is 12.6. The molecule has 7 nitrogen and oxygen atoms in total. The highest BCUT2D eigenvalue weighted by Crippen LogP contribution is 2.25. The molecule has 4 rings (SSSR count). The standard InChI is InChI=1S/C18H21N5O2S/c1-11-7-23(18-20-5-6-26-18)17-13(16(11)25)3-4-15(21-17)22-8-12(10-24)14(9-22)19-2/h3-7,12,14,19,24H,8-10H2,1-2H3/t12-,14+/m1/s1. The molecule has 1 aliphatic heterocycles. The van der Waals surface area contributed by atoms with Crippen LogP contribution in [0.2, 0.25) is 0 Å². The lowest BCUT2D eigenvalue weighted by Gasteiger charge is -2.18. The van der Waals surface area contributed by atoms with E-state index in [9.17, 15) is 9.90 Å². The van der Waals surface area contributed by atoms with Crippen LogP contribution in [0.1, 0.15) is 5.56 Å². The van der Waals surface area contributed by atoms with E-state index in [2.05, 4.69) is 15.2 Å². The summed E-state index contributed by atoms with van der Waals surface area (Å²) in [5, 5.41) is 16.1. The van der Waals surface area contributed by atoms with Crippen LogP contribution in [0.3, 0.4) is 0 Å². The van der Waals surface area contributed by atoms with Gasteiger partial charge in [-0.15, -0.1) is 11.3 Å². The maximum Gasteiger partial charge on any atom is 0.195 e. The van der Waals surface area contributed by atoms with Crippen LogP contribution in [0.25, 0.3) is 16.2 Å². The highest BCUT2D eigenvalue weighted by molar-refractivity contribution is 7.12. The third kappa shape index (κ3) is 2.80. The predicted octanol–water partition coefficient (Wildman–Crippen LogP) is 1.17. The molecule has 0 spiro atoms. The molecule has 2 atom stereocenters. The first kappa shape index (κ1) is 17.1. The van der Waals surface area contributed by atoms with E-state index in [1.165, 1.54) is 11.3 Å². The molecular weight excluding hydrogens is 350 g/mol. The highest BCUT2D eigenvalue weighted by atomic mass is 32.1. The van der Waals surface area contributed by atoms with Crippen LogP contribution >= 0.6 is 11.3 Å². The predicted molar refractivity (Wildman–Crippen MR) is 103 cm³/mol. The Morgan fingerprint density at radius 2 is 2.23 bits per heavy atom. The molecule has 0 amide bonds. The number of hydrogen-bond donors (Lipinski definition) is 2. The summed E-state index contributed by atoms with van der Waals surface area (Å²) in [5.74, 6) is 0.971. The highest BCUT2D eigenvalue weighted by Gasteiger charge is 2.32. The number of aliphatic hydroxyl groups is 1. The van der Waals surface area contributed by atoms with Crippen molar-refractivity contribution in [2.45, 2.75) is 13.0 Å². The fourth-order valence-electron chi connectivity index (χ4n) is 3.55. The van der Waals surface area contributed by atoms with Gasteiger partial charge in [0.25, 0.3) is 0 Å². The third-order valence-electron chi connectivity index (χ3n) is 5.01. The molecule has 3 aromatic heterocycles. The molecule has 8 heteroatoms. The summed E-state index contributed by atoms with van der Waals surface area (Å²) in [6.07, 6.45) is 3.55. The lowest BCUT2D eigenvalue weighted by Crippen LogP contribution is -2.34. The van der Waals surface area contributed by atoms with Crippen LogP contribution in [-0.2, 0) is 0 Å². The molecule has 0 bridgehead atoms. The Morgan fingerprint density at radius 3 is 2.88 bits per heavy atom. The van der Waals surface area contributed by atoms with Crippen LogP contribution in [0.4, 0.5) is 5.82 Å². The number of fused-ring (bicyclic) bond motifs is 1. The molecule has 1 aliphatic rings. The van der Waals surface area contributed by atoms with Crippen molar-refractivity contribution < 1.29 is 5.11 Å². The van der Waals surface area contributed by atoms with Crippen molar-refractivity contribution in [1.82, 2.24) is 19.9 Å². The van der Waals surface area contributed by atoms with Crippen molar-refractivity contribution in [2.75, 3.05) is 31.6 Å². The number of pyridine rings is 2. The van der Waals surface area contributed by atoms with Crippen LogP contribution in [-0.4, -0.2) is 52.4 Å². The van der Waals surface area contributed by atoms with E-state index >= 15 is 0 Å². The number of anilines is 1. The summed E-state index contributed by atoms with van der Waals surface area (Å²) in [6, 6.07) is 3.95. The van der Waals surface area contributed by atoms with Gasteiger partial charge in [0.05, 0.1) is 5.39 Å². The van der Waals surface area contributed by atoms with E-state index in [-0.39, 0.29) is 24.0 Å². The molecule has 3 aromatic rings. The van der Waals surface area contributed by atoms with Crippen molar-refractivity contribution in [1.29, 1.82) is 0 Å². The van der Waals surface area contributed by atoms with Gasteiger partial charge in [0.15, 0.2) is 16.2 Å². The van der Waals surface area contributed by atoms with Gasteiger partial charge in [-0.05, 0) is 26.1 Å². The van der Waals surface area contributed by atoms with Gasteiger partial charge in [0, 0.05) is 55.0 Å². The molecular formula is C18H21N5O2S. The average Bonchev–Trinajstić information content (AvgIpc) is 3.33. The molecule has 0 saturated carbocycles. The molecule has 1 fully saturated rings. The zero-order valence-electron chi connectivity index (χ0n) is 14.7. The number of nitrogens with zero attached hydrogens (tertiary/aromatic N) is 4. The van der Waals surface area contributed by atoms with Gasteiger partial charge in [-0.1, -0.05) is 0 Å². The van der Waals surface area contributed by atoms with Gasteiger partial charge in [-0.3, -0.25) is 9.36 Å². The lowest BCUT2D eigenvalue weighted by atomic mass is 10.1. The zero-order valence-corrected chi connectivity index (χ0v) is 15.5. The Kier molecular flexibility index (Phi) is 4.47. The van der Waals surface area contributed by atoms with Crippen molar-refractivity contribution in [3.63, 3.8) is 0 Å². The topological polar surface area (TPSA) is 83.3 Å². The van der Waals surface area contributed by atoms with Gasteiger partial charge in [0.2, 0.25) is 0 Å². The minimum absolute atomic E-state index is 0.00499. The molecule has 1 saturated heterocycles. The summed E-state index contributed by atoms with van der Waals surface area (Å²) >= 11 is 1.50. The summed E-state index contributed by atoms with van der Waals surface area (Å²) in [6.45, 7) is 3.45. The van der Waals surface area contributed by atoms with Gasteiger partial charge in [0.1, 0.15) is 5.82 Å². The Bertz CT molecular complexity index is 973. The molecule has 0 radical (unpaired) electrons. The van der Waals surface area contributed by atoms with Gasteiger partial charge in [-0.25, -0.2) is 9.97 Å². The van der Waals surface area contributed by atoms with Gasteiger partial charge >= 0.3 is 0 Å². The quantitative estimate of drug-likeness (QED) is 0.716. The fourth-order valence-corrected chi connectivity index (χ4v) is 4.17. The summed E-state index contributed by atoms with van der Waals surface area (Å²) < 4.78 is 1.88. The van der Waals surface area contributed by atoms with E-state index in [4.69, 9.17) is 4.98 Å². The summed E-state index contributed by atoms with van der Waals surface area (Å²) in [5.41, 5.74) is 1.27. The molecule has 26 heavy (non-hydrogen) atoms. The monoisotopic (exact) mass is 371 g/mol. The van der Waals surface area contributed by atoms with Crippen LogP contribution < -0.4 is 15.6 Å². The number of aliphatic hydroxyl groups excluding tert-OH is 1. The zero-order chi connectivity index (χ0) is 18.3. The Hall–Kier alpha value is -2.29. The lowest BCUT2D eigenvalue weighted by molar-refractivity contribution is 0.219. The number of rotatable bonds is 4. The number of hydrogen-bond acceptors (Lipinski definition) is 7. The largest absolute Gasteiger partial charge is 0.396 e. The molecule has 0 unspecified atom stereocenters. The first-order valence-corrected chi connectivity index (χ1v) is 9.46. The van der Waals surface area contributed by atoms with Crippen molar-refractivity contribution in [3.8, 4) is 5.13 Å². The molecule has 136 valence electrons. The number of aromatic nitrogens is 3. The average molecular weight is 371 g/mol. The van der Waals surface area contributed by atoms with E-state index < -0.39 is 0 Å². The van der Waals surface area contributed by atoms with E-state index in [1.54, 1.807) is 12.4 Å². The van der Waals surface area contributed by atoms with E-state index in [0.29, 0.717) is 16.6 Å². The van der Waals surface area contributed by atoms with Crippen molar-refractivity contribution in [2.24, 2.45) is 5.92 Å². The van der Waals surface area contributed by atoms with Crippen LogP contribution in [0.5, 0.6) is 0 Å². The third-order valence-corrected chi connectivity index (χ3v) is 5.78.